The molecule has 118 valence electrons. The average Bonchev–Trinajstić information content (AvgIpc) is 2.55. The maximum absolute atomic E-state index is 12.4. The lowest BCUT2D eigenvalue weighted by Gasteiger charge is -2.18. The van der Waals surface area contributed by atoms with Crippen LogP contribution in [0.3, 0.4) is 0 Å². The molecular weight excluding hydrogens is 319 g/mol. The van der Waals surface area contributed by atoms with Crippen LogP contribution in [0.2, 0.25) is 10.0 Å². The van der Waals surface area contributed by atoms with Gasteiger partial charge in [-0.2, -0.15) is 0 Å². The first-order valence-corrected chi connectivity index (χ1v) is 8.21. The van der Waals surface area contributed by atoms with Gasteiger partial charge >= 0.3 is 0 Å². The van der Waals surface area contributed by atoms with E-state index in [1.807, 2.05) is 24.3 Å². The molecule has 5 heteroatoms. The Balaban J connectivity index is 2.20. The zero-order valence-corrected chi connectivity index (χ0v) is 14.3. The van der Waals surface area contributed by atoms with E-state index in [1.54, 1.807) is 6.07 Å². The number of nitrogens with one attached hydrogen (secondary N) is 1. The molecule has 2 aromatic rings. The minimum Gasteiger partial charge on any atom is -0.351 e. The highest BCUT2D eigenvalue weighted by molar-refractivity contribution is 6.46. The predicted octanol–water partition coefficient (Wildman–Crippen LogP) is 4.22. The maximum atomic E-state index is 12.4. The van der Waals surface area contributed by atoms with Gasteiger partial charge in [-0.25, -0.2) is 0 Å². The predicted molar refractivity (Wildman–Crippen MR) is 94.1 cm³/mol. The Labute approximate surface area is 141 Å². The molecule has 0 bridgehead atoms. The minimum atomic E-state index is -0.123. The molecule has 1 N–H and O–H groups in total. The van der Waals surface area contributed by atoms with Crippen LogP contribution in [0, 0.1) is 0 Å². The largest absolute Gasteiger partial charge is 0.351 e. The van der Waals surface area contributed by atoms with Crippen molar-refractivity contribution in [3.63, 3.8) is 0 Å². The van der Waals surface area contributed by atoms with E-state index in [2.05, 4.69) is 24.1 Å². The summed E-state index contributed by atoms with van der Waals surface area (Å²) in [6, 6.07) is 9.16. The van der Waals surface area contributed by atoms with Gasteiger partial charge in [-0.15, -0.1) is 0 Å². The van der Waals surface area contributed by atoms with Gasteiger partial charge in [0, 0.05) is 24.0 Å². The fourth-order valence-corrected chi connectivity index (χ4v) is 2.89. The number of amides is 1. The average molecular weight is 339 g/mol. The van der Waals surface area contributed by atoms with E-state index in [4.69, 9.17) is 23.2 Å². The van der Waals surface area contributed by atoms with Crippen molar-refractivity contribution in [1.82, 2.24) is 10.2 Å². The number of benzene rings is 2. The lowest BCUT2D eigenvalue weighted by atomic mass is 10.0. The van der Waals surface area contributed by atoms with Crippen molar-refractivity contribution in [2.75, 3.05) is 26.2 Å². The quantitative estimate of drug-likeness (QED) is 0.855. The minimum absolute atomic E-state index is 0.123. The summed E-state index contributed by atoms with van der Waals surface area (Å²) in [5, 5.41) is 5.45. The van der Waals surface area contributed by atoms with E-state index < -0.39 is 0 Å². The second-order valence-corrected chi connectivity index (χ2v) is 5.83. The molecule has 0 fully saturated rings. The van der Waals surface area contributed by atoms with Gasteiger partial charge in [-0.1, -0.05) is 61.3 Å². The van der Waals surface area contributed by atoms with Gasteiger partial charge < -0.3 is 10.2 Å². The Kier molecular flexibility index (Phi) is 6.07. The molecule has 3 nitrogen and oxygen atoms in total. The molecule has 2 rings (SSSR count). The fraction of sp³-hybridized carbons (Fsp3) is 0.353. The molecule has 0 saturated carbocycles. The van der Waals surface area contributed by atoms with Crippen LogP contribution in [-0.2, 0) is 0 Å². The van der Waals surface area contributed by atoms with Crippen molar-refractivity contribution < 1.29 is 4.79 Å². The van der Waals surface area contributed by atoms with E-state index in [-0.39, 0.29) is 5.91 Å². The van der Waals surface area contributed by atoms with Crippen molar-refractivity contribution >= 4 is 39.9 Å². The topological polar surface area (TPSA) is 32.3 Å². The summed E-state index contributed by atoms with van der Waals surface area (Å²) in [6.07, 6.45) is 0. The Morgan fingerprint density at radius 3 is 2.41 bits per heavy atom. The Morgan fingerprint density at radius 1 is 1.14 bits per heavy atom. The molecule has 0 aliphatic carbocycles. The van der Waals surface area contributed by atoms with Crippen LogP contribution in [0.25, 0.3) is 10.8 Å². The van der Waals surface area contributed by atoms with E-state index in [0.717, 1.165) is 30.4 Å². The van der Waals surface area contributed by atoms with Crippen molar-refractivity contribution in [3.8, 4) is 0 Å². The Bertz CT molecular complexity index is 669. The SMILES string of the molecule is CCN(CC)CCNC(=O)c1cc(Cl)c(Cl)c2ccccc12. The normalized spacial score (nSPS) is 11.1. The molecule has 0 heterocycles. The van der Waals surface area contributed by atoms with E-state index in [1.165, 1.54) is 0 Å². The number of hydrogen-bond acceptors (Lipinski definition) is 2. The van der Waals surface area contributed by atoms with Crippen LogP contribution < -0.4 is 5.32 Å². The molecule has 0 radical (unpaired) electrons. The van der Waals surface area contributed by atoms with Crippen molar-refractivity contribution in [2.45, 2.75) is 13.8 Å². The van der Waals surface area contributed by atoms with E-state index in [0.29, 0.717) is 22.2 Å². The first-order chi connectivity index (χ1) is 10.6. The monoisotopic (exact) mass is 338 g/mol. The molecule has 1 amide bonds. The molecule has 2 aromatic carbocycles. The summed E-state index contributed by atoms with van der Waals surface area (Å²) in [4.78, 5) is 14.7. The number of hydrogen-bond donors (Lipinski definition) is 1. The number of rotatable bonds is 6. The van der Waals surface area contributed by atoms with Gasteiger partial charge in [0.05, 0.1) is 10.0 Å². The fourth-order valence-electron chi connectivity index (χ4n) is 2.46. The zero-order chi connectivity index (χ0) is 16.1. The molecule has 0 aromatic heterocycles. The van der Waals surface area contributed by atoms with Crippen molar-refractivity contribution in [1.29, 1.82) is 0 Å². The first-order valence-electron chi connectivity index (χ1n) is 7.45. The summed E-state index contributed by atoms with van der Waals surface area (Å²) in [5.74, 6) is -0.123. The summed E-state index contributed by atoms with van der Waals surface area (Å²) in [6.45, 7) is 7.60. The van der Waals surface area contributed by atoms with Crippen LogP contribution >= 0.6 is 23.2 Å². The number of nitrogens with zero attached hydrogens (tertiary/aromatic N) is 1. The molecule has 22 heavy (non-hydrogen) atoms. The van der Waals surface area contributed by atoms with Gasteiger partial charge in [-0.05, 0) is 24.5 Å². The molecule has 0 aliphatic rings. The highest BCUT2D eigenvalue weighted by Crippen LogP contribution is 2.33. The Morgan fingerprint density at radius 2 is 1.77 bits per heavy atom. The van der Waals surface area contributed by atoms with Crippen molar-refractivity contribution in [2.24, 2.45) is 0 Å². The molecule has 0 atom stereocenters. The lowest BCUT2D eigenvalue weighted by molar-refractivity contribution is 0.0950. The standard InChI is InChI=1S/C17H20Cl2N2O/c1-3-21(4-2)10-9-20-17(22)14-11-15(18)16(19)13-8-6-5-7-12(13)14/h5-8,11H,3-4,9-10H2,1-2H3,(H,20,22). The van der Waals surface area contributed by atoms with Gasteiger partial charge in [0.2, 0.25) is 0 Å². The smallest absolute Gasteiger partial charge is 0.252 e. The summed E-state index contributed by atoms with van der Waals surface area (Å²) in [5.41, 5.74) is 0.560. The van der Waals surface area contributed by atoms with E-state index >= 15 is 0 Å². The lowest BCUT2D eigenvalue weighted by Crippen LogP contribution is -2.34. The number of carbonyl (C=O) groups is 1. The van der Waals surface area contributed by atoms with Crippen LogP contribution in [0.15, 0.2) is 30.3 Å². The highest BCUT2D eigenvalue weighted by atomic mass is 35.5. The van der Waals surface area contributed by atoms with Crippen LogP contribution in [0.5, 0.6) is 0 Å². The molecule has 0 aliphatic heterocycles. The number of likely N-dealkylation sites (N-methyl/N-ethyl adjacent to an activating group) is 1. The third-order valence-corrected chi connectivity index (χ3v) is 4.59. The second kappa shape index (κ2) is 7.82. The number of fused-ring (bicyclic) bond motifs is 1. The van der Waals surface area contributed by atoms with Crippen LogP contribution in [0.1, 0.15) is 24.2 Å². The third kappa shape index (κ3) is 3.72. The van der Waals surface area contributed by atoms with Gasteiger partial charge in [0.25, 0.3) is 5.91 Å². The zero-order valence-electron chi connectivity index (χ0n) is 12.8. The second-order valence-electron chi connectivity index (χ2n) is 5.05. The van der Waals surface area contributed by atoms with Gasteiger partial charge in [0.1, 0.15) is 0 Å². The molecule has 0 unspecified atom stereocenters. The summed E-state index contributed by atoms with van der Waals surface area (Å²) >= 11 is 12.4. The number of halogens is 2. The highest BCUT2D eigenvalue weighted by Gasteiger charge is 2.14. The molecule has 0 saturated heterocycles. The molecular formula is C17H20Cl2N2O. The first kappa shape index (κ1) is 17.1. The number of carbonyl (C=O) groups excluding carboxylic acids is 1. The summed E-state index contributed by atoms with van der Waals surface area (Å²) < 4.78 is 0. The summed E-state index contributed by atoms with van der Waals surface area (Å²) in [7, 11) is 0. The van der Waals surface area contributed by atoms with Gasteiger partial charge in [0.15, 0.2) is 0 Å². The van der Waals surface area contributed by atoms with E-state index in [9.17, 15) is 4.79 Å². The third-order valence-electron chi connectivity index (χ3n) is 3.79. The van der Waals surface area contributed by atoms with Crippen LogP contribution in [0.4, 0.5) is 0 Å². The van der Waals surface area contributed by atoms with Crippen molar-refractivity contribution in [3.05, 3.63) is 45.9 Å². The van der Waals surface area contributed by atoms with Crippen LogP contribution in [-0.4, -0.2) is 37.0 Å². The van der Waals surface area contributed by atoms with Gasteiger partial charge in [-0.3, -0.25) is 4.79 Å². The maximum Gasteiger partial charge on any atom is 0.252 e. The Hall–Kier alpha value is -1.29. The molecule has 0 spiro atoms.